The smallest absolute Gasteiger partial charge is 0.0700 e. The molecule has 1 aromatic rings. The zero-order chi connectivity index (χ0) is 13.2. The average Bonchev–Trinajstić information content (AvgIpc) is 2.39. The molecule has 0 heterocycles. The SMILES string of the molecule is COCCOCCC(CCl)Cc1ccc(Cl)cc1. The van der Waals surface area contributed by atoms with E-state index in [1.165, 1.54) is 5.56 Å². The van der Waals surface area contributed by atoms with Gasteiger partial charge < -0.3 is 9.47 Å². The van der Waals surface area contributed by atoms with Gasteiger partial charge >= 0.3 is 0 Å². The summed E-state index contributed by atoms with van der Waals surface area (Å²) in [5.74, 6) is 1.09. The molecular weight excluding hydrogens is 271 g/mol. The molecule has 0 N–H and O–H groups in total. The van der Waals surface area contributed by atoms with E-state index >= 15 is 0 Å². The molecule has 0 radical (unpaired) electrons. The maximum Gasteiger partial charge on any atom is 0.0700 e. The minimum Gasteiger partial charge on any atom is -0.382 e. The molecule has 1 aromatic carbocycles. The highest BCUT2D eigenvalue weighted by Crippen LogP contribution is 2.16. The van der Waals surface area contributed by atoms with Crippen molar-refractivity contribution in [3.8, 4) is 0 Å². The van der Waals surface area contributed by atoms with Crippen molar-refractivity contribution in [2.75, 3.05) is 32.8 Å². The van der Waals surface area contributed by atoms with Gasteiger partial charge in [0.05, 0.1) is 13.2 Å². The number of hydrogen-bond acceptors (Lipinski definition) is 2. The number of benzene rings is 1. The van der Waals surface area contributed by atoms with E-state index in [0.717, 1.165) is 24.5 Å². The van der Waals surface area contributed by atoms with Crippen LogP contribution in [-0.4, -0.2) is 32.8 Å². The predicted molar refractivity (Wildman–Crippen MR) is 76.7 cm³/mol. The molecule has 0 aliphatic heterocycles. The number of rotatable bonds is 9. The lowest BCUT2D eigenvalue weighted by atomic mass is 9.98. The fourth-order valence-corrected chi connectivity index (χ4v) is 2.07. The molecule has 0 saturated carbocycles. The molecule has 102 valence electrons. The molecule has 0 amide bonds. The third-order valence-electron chi connectivity index (χ3n) is 2.76. The molecule has 0 fully saturated rings. The van der Waals surface area contributed by atoms with Crippen LogP contribution in [0.15, 0.2) is 24.3 Å². The maximum absolute atomic E-state index is 5.98. The van der Waals surface area contributed by atoms with Crippen molar-refractivity contribution in [1.82, 2.24) is 0 Å². The fraction of sp³-hybridized carbons (Fsp3) is 0.571. The summed E-state index contributed by atoms with van der Waals surface area (Å²) in [6.45, 7) is 2.02. The van der Waals surface area contributed by atoms with E-state index in [9.17, 15) is 0 Å². The molecule has 0 bridgehead atoms. The molecule has 0 aliphatic carbocycles. The Morgan fingerprint density at radius 3 is 2.44 bits per heavy atom. The van der Waals surface area contributed by atoms with Gasteiger partial charge in [0, 0.05) is 24.6 Å². The standard InChI is InChI=1S/C14H20Cl2O2/c1-17-8-9-18-7-6-13(11-15)10-12-2-4-14(16)5-3-12/h2-5,13H,6-11H2,1H3. The summed E-state index contributed by atoms with van der Waals surface area (Å²) in [6.07, 6.45) is 1.93. The minimum atomic E-state index is 0.440. The highest BCUT2D eigenvalue weighted by atomic mass is 35.5. The number of halogens is 2. The Morgan fingerprint density at radius 1 is 1.11 bits per heavy atom. The summed E-state index contributed by atoms with van der Waals surface area (Å²) in [6, 6.07) is 7.93. The Bertz CT molecular complexity index is 314. The molecule has 2 nitrogen and oxygen atoms in total. The highest BCUT2D eigenvalue weighted by molar-refractivity contribution is 6.30. The summed E-state index contributed by atoms with van der Waals surface area (Å²) in [5, 5.41) is 0.768. The van der Waals surface area contributed by atoms with Crippen molar-refractivity contribution < 1.29 is 9.47 Å². The molecular formula is C14H20Cl2O2. The van der Waals surface area contributed by atoms with Crippen LogP contribution in [-0.2, 0) is 15.9 Å². The van der Waals surface area contributed by atoms with Crippen LogP contribution in [0.25, 0.3) is 0 Å². The normalized spacial score (nSPS) is 12.6. The van der Waals surface area contributed by atoms with Crippen LogP contribution in [0, 0.1) is 5.92 Å². The first-order chi connectivity index (χ1) is 8.76. The van der Waals surface area contributed by atoms with Crippen molar-refractivity contribution in [2.24, 2.45) is 5.92 Å². The van der Waals surface area contributed by atoms with Crippen LogP contribution in [0.3, 0.4) is 0 Å². The molecule has 1 rings (SSSR count). The molecule has 0 aromatic heterocycles. The zero-order valence-electron chi connectivity index (χ0n) is 10.7. The zero-order valence-corrected chi connectivity index (χ0v) is 12.2. The monoisotopic (exact) mass is 290 g/mol. The first-order valence-electron chi connectivity index (χ1n) is 6.13. The summed E-state index contributed by atoms with van der Waals surface area (Å²) in [7, 11) is 1.67. The second-order valence-electron chi connectivity index (χ2n) is 4.24. The van der Waals surface area contributed by atoms with E-state index in [0.29, 0.717) is 25.0 Å². The number of methoxy groups -OCH3 is 1. The van der Waals surface area contributed by atoms with Gasteiger partial charge in [-0.2, -0.15) is 0 Å². The van der Waals surface area contributed by atoms with Gasteiger partial charge in [-0.15, -0.1) is 11.6 Å². The minimum absolute atomic E-state index is 0.440. The molecule has 0 spiro atoms. The fourth-order valence-electron chi connectivity index (χ4n) is 1.68. The van der Waals surface area contributed by atoms with Crippen LogP contribution < -0.4 is 0 Å². The van der Waals surface area contributed by atoms with Crippen LogP contribution in [0.1, 0.15) is 12.0 Å². The topological polar surface area (TPSA) is 18.5 Å². The number of alkyl halides is 1. The van der Waals surface area contributed by atoms with Gasteiger partial charge in [0.25, 0.3) is 0 Å². The molecule has 1 atom stereocenters. The Hall–Kier alpha value is -0.280. The van der Waals surface area contributed by atoms with Gasteiger partial charge in [-0.05, 0) is 36.5 Å². The van der Waals surface area contributed by atoms with E-state index in [-0.39, 0.29) is 0 Å². The average molecular weight is 291 g/mol. The van der Waals surface area contributed by atoms with E-state index in [1.54, 1.807) is 7.11 Å². The van der Waals surface area contributed by atoms with Crippen molar-refractivity contribution >= 4 is 23.2 Å². The maximum atomic E-state index is 5.98. The van der Waals surface area contributed by atoms with Gasteiger partial charge in [-0.3, -0.25) is 0 Å². The van der Waals surface area contributed by atoms with E-state index in [1.807, 2.05) is 24.3 Å². The first kappa shape index (κ1) is 15.8. The first-order valence-corrected chi connectivity index (χ1v) is 7.04. The van der Waals surface area contributed by atoms with Crippen LogP contribution in [0.4, 0.5) is 0 Å². The van der Waals surface area contributed by atoms with Crippen molar-refractivity contribution in [2.45, 2.75) is 12.8 Å². The van der Waals surface area contributed by atoms with Crippen molar-refractivity contribution in [1.29, 1.82) is 0 Å². The Labute approximate surface area is 119 Å². The Morgan fingerprint density at radius 2 is 1.83 bits per heavy atom. The predicted octanol–water partition coefficient (Wildman–Crippen LogP) is 3.79. The molecule has 4 heteroatoms. The number of hydrogen-bond donors (Lipinski definition) is 0. The van der Waals surface area contributed by atoms with Crippen molar-refractivity contribution in [3.63, 3.8) is 0 Å². The highest BCUT2D eigenvalue weighted by Gasteiger charge is 2.08. The molecule has 0 aliphatic rings. The third-order valence-corrected chi connectivity index (χ3v) is 3.45. The molecule has 0 saturated heterocycles. The van der Waals surface area contributed by atoms with E-state index in [4.69, 9.17) is 32.7 Å². The lowest BCUT2D eigenvalue weighted by molar-refractivity contribution is 0.0647. The van der Waals surface area contributed by atoms with Crippen LogP contribution in [0.2, 0.25) is 5.02 Å². The lowest BCUT2D eigenvalue weighted by Crippen LogP contribution is -2.12. The molecule has 1 unspecified atom stereocenters. The van der Waals surface area contributed by atoms with E-state index < -0.39 is 0 Å². The second-order valence-corrected chi connectivity index (χ2v) is 4.99. The van der Waals surface area contributed by atoms with Crippen LogP contribution >= 0.6 is 23.2 Å². The van der Waals surface area contributed by atoms with Gasteiger partial charge in [-0.25, -0.2) is 0 Å². The summed E-state index contributed by atoms with van der Waals surface area (Å²) >= 11 is 11.8. The van der Waals surface area contributed by atoms with E-state index in [2.05, 4.69) is 0 Å². The number of ether oxygens (including phenoxy) is 2. The van der Waals surface area contributed by atoms with Gasteiger partial charge in [-0.1, -0.05) is 23.7 Å². The van der Waals surface area contributed by atoms with Crippen molar-refractivity contribution in [3.05, 3.63) is 34.9 Å². The largest absolute Gasteiger partial charge is 0.382 e. The lowest BCUT2D eigenvalue weighted by Gasteiger charge is -2.14. The van der Waals surface area contributed by atoms with Gasteiger partial charge in [0.2, 0.25) is 0 Å². The second kappa shape index (κ2) is 9.62. The van der Waals surface area contributed by atoms with Gasteiger partial charge in [0.15, 0.2) is 0 Å². The summed E-state index contributed by atoms with van der Waals surface area (Å²) < 4.78 is 10.4. The Balaban J connectivity index is 2.26. The third kappa shape index (κ3) is 6.60. The quantitative estimate of drug-likeness (QED) is 0.509. The van der Waals surface area contributed by atoms with Gasteiger partial charge in [0.1, 0.15) is 0 Å². The Kier molecular flexibility index (Phi) is 8.44. The molecule has 18 heavy (non-hydrogen) atoms. The summed E-state index contributed by atoms with van der Waals surface area (Å²) in [4.78, 5) is 0. The van der Waals surface area contributed by atoms with Crippen LogP contribution in [0.5, 0.6) is 0 Å². The summed E-state index contributed by atoms with van der Waals surface area (Å²) in [5.41, 5.74) is 1.27.